The fourth-order valence-corrected chi connectivity index (χ4v) is 4.39. The Morgan fingerprint density at radius 3 is 2.03 bits per heavy atom. The molecule has 2 amide bonds. The molecule has 3 rings (SSSR count). The number of rotatable bonds is 6. The van der Waals surface area contributed by atoms with Crippen LogP contribution in [-0.2, 0) is 19.7 Å². The summed E-state index contributed by atoms with van der Waals surface area (Å²) < 4.78 is 27.9. The van der Waals surface area contributed by atoms with Gasteiger partial charge < -0.3 is 4.84 Å². The van der Waals surface area contributed by atoms with Crippen LogP contribution >= 0.6 is 0 Å². The van der Waals surface area contributed by atoms with Crippen LogP contribution in [0.1, 0.15) is 45.7 Å². The van der Waals surface area contributed by atoms with Crippen LogP contribution in [0.3, 0.4) is 0 Å². The molecule has 0 bridgehead atoms. The van der Waals surface area contributed by atoms with Crippen molar-refractivity contribution < 1.29 is 27.6 Å². The Balaban J connectivity index is 1.81. The van der Waals surface area contributed by atoms with Crippen molar-refractivity contribution in [3.05, 3.63) is 64.7 Å². The van der Waals surface area contributed by atoms with Gasteiger partial charge in [-0.3, -0.25) is 9.59 Å². The van der Waals surface area contributed by atoms with Gasteiger partial charge in [-0.2, -0.15) is 4.72 Å². The van der Waals surface area contributed by atoms with E-state index in [4.69, 9.17) is 4.84 Å². The van der Waals surface area contributed by atoms with E-state index in [1.165, 1.54) is 24.3 Å². The SMILES string of the molecule is Cc1ccc(S(=O)(=O)NC(C(=O)ON2C(=O)c3ccccc3C2=O)C(C)C)cc1C. The van der Waals surface area contributed by atoms with Crippen molar-refractivity contribution in [2.45, 2.75) is 38.6 Å². The number of aryl methyl sites for hydroxylation is 2. The third-order valence-corrected chi connectivity index (χ3v) is 6.37. The van der Waals surface area contributed by atoms with E-state index in [-0.39, 0.29) is 16.0 Å². The summed E-state index contributed by atoms with van der Waals surface area (Å²) in [5, 5.41) is 0.368. The molecule has 0 saturated carbocycles. The van der Waals surface area contributed by atoms with Gasteiger partial charge in [0.05, 0.1) is 16.0 Å². The highest BCUT2D eigenvalue weighted by Gasteiger charge is 2.41. The highest BCUT2D eigenvalue weighted by Crippen LogP contribution is 2.24. The van der Waals surface area contributed by atoms with Crippen LogP contribution in [0.5, 0.6) is 0 Å². The lowest BCUT2D eigenvalue weighted by molar-refractivity contribution is -0.171. The molecule has 158 valence electrons. The molecule has 0 spiro atoms. The Hall–Kier alpha value is -3.04. The first-order chi connectivity index (χ1) is 14.0. The number of carbonyl (C=O) groups excluding carboxylic acids is 3. The van der Waals surface area contributed by atoms with Crippen molar-refractivity contribution in [3.63, 3.8) is 0 Å². The zero-order valence-corrected chi connectivity index (χ0v) is 17.8. The maximum Gasteiger partial charge on any atom is 0.351 e. The first-order valence-corrected chi connectivity index (χ1v) is 10.8. The van der Waals surface area contributed by atoms with Crippen molar-refractivity contribution in [2.24, 2.45) is 5.92 Å². The number of hydrogen-bond acceptors (Lipinski definition) is 6. The highest BCUT2D eigenvalue weighted by molar-refractivity contribution is 7.89. The van der Waals surface area contributed by atoms with Gasteiger partial charge in [0.1, 0.15) is 6.04 Å². The Bertz CT molecular complexity index is 1100. The first-order valence-electron chi connectivity index (χ1n) is 9.32. The number of nitrogens with one attached hydrogen (secondary N) is 1. The Labute approximate surface area is 174 Å². The quantitative estimate of drug-likeness (QED) is 0.705. The molecule has 0 aromatic heterocycles. The molecule has 2 aromatic carbocycles. The van der Waals surface area contributed by atoms with E-state index < -0.39 is 39.8 Å². The first kappa shape index (κ1) is 21.7. The number of carbonyl (C=O) groups is 3. The second-order valence-corrected chi connectivity index (χ2v) is 9.16. The third kappa shape index (κ3) is 3.99. The molecule has 1 heterocycles. The van der Waals surface area contributed by atoms with E-state index in [2.05, 4.69) is 4.72 Å². The van der Waals surface area contributed by atoms with Gasteiger partial charge >= 0.3 is 5.97 Å². The number of fused-ring (bicyclic) bond motifs is 1. The van der Waals surface area contributed by atoms with E-state index in [0.29, 0.717) is 5.06 Å². The maximum absolute atomic E-state index is 12.8. The smallest absolute Gasteiger partial charge is 0.328 e. The van der Waals surface area contributed by atoms with Gasteiger partial charge in [0.2, 0.25) is 10.0 Å². The van der Waals surface area contributed by atoms with Crippen LogP contribution < -0.4 is 4.72 Å². The summed E-state index contributed by atoms with van der Waals surface area (Å²) >= 11 is 0. The van der Waals surface area contributed by atoms with E-state index in [0.717, 1.165) is 11.1 Å². The number of amides is 2. The summed E-state index contributed by atoms with van der Waals surface area (Å²) in [7, 11) is -4.04. The predicted octanol–water partition coefficient (Wildman–Crippen LogP) is 2.36. The lowest BCUT2D eigenvalue weighted by atomic mass is 10.1. The van der Waals surface area contributed by atoms with E-state index in [9.17, 15) is 22.8 Å². The lowest BCUT2D eigenvalue weighted by Crippen LogP contribution is -2.48. The molecule has 2 aromatic rings. The molecular formula is C21H22N2O6S. The second-order valence-electron chi connectivity index (χ2n) is 7.45. The zero-order valence-electron chi connectivity index (χ0n) is 17.0. The average Bonchev–Trinajstić information content (AvgIpc) is 2.93. The van der Waals surface area contributed by atoms with Crippen LogP contribution in [0.25, 0.3) is 0 Å². The van der Waals surface area contributed by atoms with Crippen LogP contribution in [0.2, 0.25) is 0 Å². The molecule has 8 nitrogen and oxygen atoms in total. The van der Waals surface area contributed by atoms with Gasteiger partial charge in [-0.25, -0.2) is 13.2 Å². The van der Waals surface area contributed by atoms with Crippen LogP contribution in [0, 0.1) is 19.8 Å². The largest absolute Gasteiger partial charge is 0.351 e. The van der Waals surface area contributed by atoms with Crippen molar-refractivity contribution >= 4 is 27.8 Å². The van der Waals surface area contributed by atoms with Crippen molar-refractivity contribution in [3.8, 4) is 0 Å². The zero-order chi connectivity index (χ0) is 22.2. The number of hydroxylamine groups is 2. The van der Waals surface area contributed by atoms with Crippen molar-refractivity contribution in [1.82, 2.24) is 9.79 Å². The van der Waals surface area contributed by atoms with Crippen LogP contribution in [0.15, 0.2) is 47.4 Å². The number of sulfonamides is 1. The summed E-state index contributed by atoms with van der Waals surface area (Å²) in [5.74, 6) is -3.10. The van der Waals surface area contributed by atoms with Gasteiger partial charge in [0.15, 0.2) is 0 Å². The molecule has 1 atom stereocenters. The van der Waals surface area contributed by atoms with Crippen LogP contribution in [0.4, 0.5) is 0 Å². The molecule has 9 heteroatoms. The van der Waals surface area contributed by atoms with Crippen molar-refractivity contribution in [2.75, 3.05) is 0 Å². The molecule has 0 fully saturated rings. The van der Waals surface area contributed by atoms with Crippen molar-refractivity contribution in [1.29, 1.82) is 0 Å². The molecule has 1 aliphatic heterocycles. The molecule has 30 heavy (non-hydrogen) atoms. The van der Waals surface area contributed by atoms with E-state index in [1.807, 2.05) is 6.92 Å². The summed E-state index contributed by atoms with van der Waals surface area (Å²) in [5.41, 5.74) is 1.95. The Kier molecular flexibility index (Phi) is 5.78. The number of benzene rings is 2. The number of nitrogens with zero attached hydrogens (tertiary/aromatic N) is 1. The van der Waals surface area contributed by atoms with Gasteiger partial charge in [0.25, 0.3) is 11.8 Å². The lowest BCUT2D eigenvalue weighted by Gasteiger charge is -2.22. The minimum Gasteiger partial charge on any atom is -0.328 e. The van der Waals surface area contributed by atoms with Crippen LogP contribution in [-0.4, -0.2) is 37.3 Å². The molecule has 0 aliphatic carbocycles. The average molecular weight is 430 g/mol. The fourth-order valence-electron chi connectivity index (χ4n) is 2.97. The topological polar surface area (TPSA) is 110 Å². The standard InChI is InChI=1S/C21H22N2O6S/c1-12(2)18(22-30(27,28)15-10-9-13(3)14(4)11-15)21(26)29-23-19(24)16-7-5-6-8-17(16)20(23)25/h5-12,18,22H,1-4H3. The van der Waals surface area contributed by atoms with Gasteiger partial charge in [0, 0.05) is 0 Å². The monoisotopic (exact) mass is 430 g/mol. The summed E-state index contributed by atoms with van der Waals surface area (Å²) in [6, 6.07) is 9.39. The van der Waals surface area contributed by atoms with Gasteiger partial charge in [-0.15, -0.1) is 0 Å². The molecule has 1 unspecified atom stereocenters. The maximum atomic E-state index is 12.8. The van der Waals surface area contributed by atoms with E-state index >= 15 is 0 Å². The molecular weight excluding hydrogens is 408 g/mol. The summed E-state index contributed by atoms with van der Waals surface area (Å²) in [6.07, 6.45) is 0. The Morgan fingerprint density at radius 1 is 0.967 bits per heavy atom. The highest BCUT2D eigenvalue weighted by atomic mass is 32.2. The molecule has 1 N–H and O–H groups in total. The van der Waals surface area contributed by atoms with Gasteiger partial charge in [-0.05, 0) is 55.2 Å². The number of imide groups is 1. The Morgan fingerprint density at radius 2 is 1.53 bits per heavy atom. The summed E-state index contributed by atoms with van der Waals surface area (Å²) in [4.78, 5) is 42.6. The number of hydrogen-bond donors (Lipinski definition) is 1. The minimum atomic E-state index is -4.04. The third-order valence-electron chi connectivity index (χ3n) is 4.93. The van der Waals surface area contributed by atoms with E-state index in [1.54, 1.807) is 39.0 Å². The molecule has 1 aliphatic rings. The second kappa shape index (κ2) is 8.00. The molecule has 0 saturated heterocycles. The fraction of sp³-hybridized carbons (Fsp3) is 0.286. The van der Waals surface area contributed by atoms with Gasteiger partial charge in [-0.1, -0.05) is 37.1 Å². The summed E-state index contributed by atoms with van der Waals surface area (Å²) in [6.45, 7) is 6.88. The normalized spacial score (nSPS) is 14.8. The molecule has 0 radical (unpaired) electrons. The minimum absolute atomic E-state index is 0.00443. The predicted molar refractivity (Wildman–Crippen MR) is 108 cm³/mol.